The highest BCUT2D eigenvalue weighted by atomic mass is 16.5. The highest BCUT2D eigenvalue weighted by Gasteiger charge is 2.03. The smallest absolute Gasteiger partial charge is 0.211 e. The Morgan fingerprint density at radius 1 is 1.92 bits per heavy atom. The molecule has 1 aromatic heterocycles. The first-order valence-electron chi connectivity index (χ1n) is 3.50. The van der Waals surface area contributed by atoms with Crippen molar-refractivity contribution in [2.24, 2.45) is 5.73 Å². The van der Waals surface area contributed by atoms with Crippen LogP contribution in [-0.2, 0) is 0 Å². The van der Waals surface area contributed by atoms with Crippen LogP contribution in [0.5, 0.6) is 5.88 Å². The maximum absolute atomic E-state index is 5.43. The molecule has 3 N–H and O–H groups in total. The Balaban J connectivity index is 2.95. The van der Waals surface area contributed by atoms with E-state index in [9.17, 15) is 0 Å². The quantitative estimate of drug-likeness (QED) is 0.643. The lowest BCUT2D eigenvalue weighted by Gasteiger charge is -1.95. The van der Waals surface area contributed by atoms with E-state index in [0.29, 0.717) is 18.2 Å². The van der Waals surface area contributed by atoms with E-state index in [1.807, 2.05) is 0 Å². The highest BCUT2D eigenvalue weighted by Crippen LogP contribution is 2.11. The first-order chi connectivity index (χ1) is 5.81. The van der Waals surface area contributed by atoms with Gasteiger partial charge in [0.2, 0.25) is 5.88 Å². The zero-order chi connectivity index (χ0) is 8.97. The van der Waals surface area contributed by atoms with Gasteiger partial charge in [-0.15, -0.1) is 5.73 Å². The van der Waals surface area contributed by atoms with Crippen LogP contribution in [0.3, 0.4) is 0 Å². The molecule has 0 atom stereocenters. The number of ether oxygens (including phenoxy) is 1. The number of hydrogen-bond donors (Lipinski definition) is 2. The van der Waals surface area contributed by atoms with Gasteiger partial charge in [-0.25, -0.2) is 4.98 Å². The molecule has 12 heavy (non-hydrogen) atoms. The fourth-order valence-corrected chi connectivity index (χ4v) is 0.814. The third-order valence-electron chi connectivity index (χ3n) is 1.48. The molecule has 1 rings (SSSR count). The van der Waals surface area contributed by atoms with Gasteiger partial charge in [0, 0.05) is 12.1 Å². The Hall–Kier alpha value is -1.51. The number of nitrogens with zero attached hydrogens (tertiary/aromatic N) is 1. The van der Waals surface area contributed by atoms with E-state index in [-0.39, 0.29) is 0 Å². The largest absolute Gasteiger partial charge is 0.481 e. The van der Waals surface area contributed by atoms with Gasteiger partial charge in [-0.05, 0) is 0 Å². The van der Waals surface area contributed by atoms with Gasteiger partial charge in [-0.1, -0.05) is 6.58 Å². The molecule has 0 aromatic carbocycles. The van der Waals surface area contributed by atoms with Crippen molar-refractivity contribution >= 4 is 5.57 Å². The van der Waals surface area contributed by atoms with Crippen LogP contribution in [0.4, 0.5) is 0 Å². The zero-order valence-corrected chi connectivity index (χ0v) is 6.92. The summed E-state index contributed by atoms with van der Waals surface area (Å²) in [7, 11) is 1.57. The number of nitrogens with two attached hydrogens (primary N) is 1. The van der Waals surface area contributed by atoms with Gasteiger partial charge < -0.3 is 15.5 Å². The van der Waals surface area contributed by atoms with Crippen LogP contribution >= 0.6 is 0 Å². The molecular weight excluding hydrogens is 154 g/mol. The standard InChI is InChI=1S/C8H11N3O/c1-3-6(4-9)8-10-5-7(11-8)12-2/h5H,1,4,9H2,2H3,(H,10,11). The number of hydrogen-bond acceptors (Lipinski definition) is 3. The molecule has 64 valence electrons. The Kier molecular flexibility index (Phi) is 2.69. The maximum Gasteiger partial charge on any atom is 0.211 e. The van der Waals surface area contributed by atoms with Gasteiger partial charge in [0.25, 0.3) is 0 Å². The molecule has 0 spiro atoms. The minimum absolute atomic E-state index is 0.361. The van der Waals surface area contributed by atoms with Crippen molar-refractivity contribution in [1.29, 1.82) is 0 Å². The van der Waals surface area contributed by atoms with E-state index in [2.05, 4.69) is 22.3 Å². The number of aromatic nitrogens is 2. The lowest BCUT2D eigenvalue weighted by Crippen LogP contribution is -2.02. The lowest BCUT2D eigenvalue weighted by atomic mass is 10.3. The van der Waals surface area contributed by atoms with Gasteiger partial charge in [0.1, 0.15) is 5.82 Å². The summed E-state index contributed by atoms with van der Waals surface area (Å²) in [5.41, 5.74) is 8.87. The third-order valence-corrected chi connectivity index (χ3v) is 1.48. The van der Waals surface area contributed by atoms with E-state index in [4.69, 9.17) is 10.5 Å². The summed E-state index contributed by atoms with van der Waals surface area (Å²) in [4.78, 5) is 6.94. The summed E-state index contributed by atoms with van der Waals surface area (Å²) in [5, 5.41) is 0. The third kappa shape index (κ3) is 1.56. The van der Waals surface area contributed by atoms with Crippen LogP contribution in [0.2, 0.25) is 0 Å². The molecule has 0 aliphatic carbocycles. The summed E-state index contributed by atoms with van der Waals surface area (Å²) in [6.07, 6.45) is 1.59. The number of aromatic amines is 1. The first-order valence-corrected chi connectivity index (χ1v) is 3.50. The van der Waals surface area contributed by atoms with E-state index in [1.165, 1.54) is 0 Å². The molecule has 1 aromatic rings. The van der Waals surface area contributed by atoms with Gasteiger partial charge in [0.15, 0.2) is 0 Å². The van der Waals surface area contributed by atoms with Crippen LogP contribution in [-0.4, -0.2) is 23.6 Å². The molecule has 4 nitrogen and oxygen atoms in total. The Morgan fingerprint density at radius 2 is 2.67 bits per heavy atom. The highest BCUT2D eigenvalue weighted by molar-refractivity contribution is 5.60. The Labute approximate surface area is 70.8 Å². The second kappa shape index (κ2) is 3.76. The fraction of sp³-hybridized carbons (Fsp3) is 0.250. The summed E-state index contributed by atoms with van der Waals surface area (Å²) in [6.45, 7) is 3.86. The molecule has 0 radical (unpaired) electrons. The number of rotatable bonds is 3. The van der Waals surface area contributed by atoms with Crippen molar-refractivity contribution in [2.45, 2.75) is 0 Å². The number of imidazole rings is 1. The normalized spacial score (nSPS) is 9.17. The molecule has 1 heterocycles. The van der Waals surface area contributed by atoms with E-state index < -0.39 is 0 Å². The molecule has 4 heteroatoms. The second-order valence-electron chi connectivity index (χ2n) is 2.16. The van der Waals surface area contributed by atoms with E-state index in [0.717, 1.165) is 5.57 Å². The van der Waals surface area contributed by atoms with Crippen molar-refractivity contribution in [2.75, 3.05) is 13.7 Å². The minimum atomic E-state index is 0.361. The topological polar surface area (TPSA) is 63.9 Å². The predicted molar refractivity (Wildman–Crippen MR) is 46.7 cm³/mol. The van der Waals surface area contributed by atoms with Gasteiger partial charge in [-0.2, -0.15) is 0 Å². The van der Waals surface area contributed by atoms with Crippen LogP contribution < -0.4 is 10.5 Å². The molecule has 0 bridgehead atoms. The second-order valence-corrected chi connectivity index (χ2v) is 2.16. The van der Waals surface area contributed by atoms with Crippen LogP contribution in [0.25, 0.3) is 5.57 Å². The Bertz CT molecular complexity index is 310. The molecule has 0 saturated carbocycles. The molecule has 0 aliphatic rings. The van der Waals surface area contributed by atoms with E-state index >= 15 is 0 Å². The summed E-state index contributed by atoms with van der Waals surface area (Å²) >= 11 is 0. The Morgan fingerprint density at radius 3 is 3.08 bits per heavy atom. The number of H-pyrrole nitrogens is 1. The van der Waals surface area contributed by atoms with Crippen molar-refractivity contribution in [3.63, 3.8) is 0 Å². The monoisotopic (exact) mass is 165 g/mol. The first kappa shape index (κ1) is 8.59. The molecule has 0 fully saturated rings. The summed E-state index contributed by atoms with van der Waals surface area (Å²) < 4.78 is 4.91. The van der Waals surface area contributed by atoms with Crippen molar-refractivity contribution in [3.8, 4) is 5.88 Å². The van der Waals surface area contributed by atoms with Crippen molar-refractivity contribution in [1.82, 2.24) is 9.97 Å². The summed E-state index contributed by atoms with van der Waals surface area (Å²) in [5.74, 6) is 1.26. The van der Waals surface area contributed by atoms with Gasteiger partial charge in [0.05, 0.1) is 13.3 Å². The SMILES string of the molecule is C=C=C(CN)c1ncc(OC)[nH]1. The van der Waals surface area contributed by atoms with Crippen LogP contribution in [0.15, 0.2) is 18.5 Å². The van der Waals surface area contributed by atoms with Gasteiger partial charge in [-0.3, -0.25) is 0 Å². The average molecular weight is 165 g/mol. The molecule has 0 saturated heterocycles. The molecule has 0 aliphatic heterocycles. The van der Waals surface area contributed by atoms with Crippen LogP contribution in [0, 0.1) is 0 Å². The molecule has 0 unspecified atom stereocenters. The van der Waals surface area contributed by atoms with E-state index in [1.54, 1.807) is 13.3 Å². The summed E-state index contributed by atoms with van der Waals surface area (Å²) in [6, 6.07) is 0. The number of methoxy groups -OCH3 is 1. The maximum atomic E-state index is 5.43. The van der Waals surface area contributed by atoms with Crippen molar-refractivity contribution < 1.29 is 4.74 Å². The van der Waals surface area contributed by atoms with Gasteiger partial charge >= 0.3 is 0 Å². The predicted octanol–water partition coefficient (Wildman–Crippen LogP) is 0.545. The van der Waals surface area contributed by atoms with Crippen molar-refractivity contribution in [3.05, 3.63) is 24.3 Å². The van der Waals surface area contributed by atoms with Crippen LogP contribution in [0.1, 0.15) is 5.82 Å². The molecule has 0 amide bonds. The fourth-order valence-electron chi connectivity index (χ4n) is 0.814. The number of nitrogens with one attached hydrogen (secondary N) is 1. The molecular formula is C8H11N3O. The lowest BCUT2D eigenvalue weighted by molar-refractivity contribution is 0.400. The zero-order valence-electron chi connectivity index (χ0n) is 6.92. The average Bonchev–Trinajstić information content (AvgIpc) is 2.55. The minimum Gasteiger partial charge on any atom is -0.481 e.